The van der Waals surface area contributed by atoms with E-state index >= 15 is 0 Å². The van der Waals surface area contributed by atoms with Gasteiger partial charge in [0.05, 0.1) is 0 Å². The molecule has 7 atom stereocenters. The van der Waals surface area contributed by atoms with Gasteiger partial charge in [-0.2, -0.15) is 0 Å². The second-order valence-electron chi connectivity index (χ2n) is 8.82. The molecule has 0 aromatic carbocycles. The van der Waals surface area contributed by atoms with Gasteiger partial charge < -0.3 is 0 Å². The number of hydrogen-bond acceptors (Lipinski definition) is 0. The molecule has 6 rings (SSSR count). The van der Waals surface area contributed by atoms with Crippen LogP contribution in [-0.2, 0) is 17.0 Å². The van der Waals surface area contributed by atoms with Crippen molar-refractivity contribution in [1.29, 1.82) is 0 Å². The van der Waals surface area contributed by atoms with Crippen LogP contribution in [0.25, 0.3) is 0 Å². The molecule has 3 heteroatoms. The molecular weight excluding hydrogens is 359 g/mol. The van der Waals surface area contributed by atoms with Gasteiger partial charge in [0.1, 0.15) is 0 Å². The van der Waals surface area contributed by atoms with E-state index in [9.17, 15) is 0 Å². The summed E-state index contributed by atoms with van der Waals surface area (Å²) >= 11 is -0.556. The van der Waals surface area contributed by atoms with Crippen LogP contribution in [0, 0.1) is 53.8 Å². The first kappa shape index (κ1) is 17.7. The van der Waals surface area contributed by atoms with E-state index in [1.54, 1.807) is 51.4 Å². The zero-order chi connectivity index (χ0) is 15.8. The molecule has 0 saturated heterocycles. The fraction of sp³-hybridized carbons (Fsp3) is 0.900. The quantitative estimate of drug-likeness (QED) is 0.399. The van der Waals surface area contributed by atoms with E-state index in [1.165, 1.54) is 42.9 Å². The van der Waals surface area contributed by atoms with Crippen LogP contribution < -0.4 is 0 Å². The maximum atomic E-state index is 4.89. The predicted molar refractivity (Wildman–Crippen MR) is 94.5 cm³/mol. The summed E-state index contributed by atoms with van der Waals surface area (Å²) in [7, 11) is 9.78. The second kappa shape index (κ2) is 7.90. The van der Waals surface area contributed by atoms with E-state index in [0.717, 1.165) is 17.8 Å². The van der Waals surface area contributed by atoms with Crippen LogP contribution in [0.1, 0.15) is 70.6 Å². The Morgan fingerprint density at radius 1 is 0.783 bits per heavy atom. The number of rotatable bonds is 0. The Bertz CT molecular complexity index is 333. The van der Waals surface area contributed by atoms with Crippen molar-refractivity contribution in [1.82, 2.24) is 0 Å². The third-order valence-electron chi connectivity index (χ3n) is 8.15. The van der Waals surface area contributed by atoms with Crippen LogP contribution in [0.15, 0.2) is 0 Å². The fourth-order valence-corrected chi connectivity index (χ4v) is 7.43. The van der Waals surface area contributed by atoms with Gasteiger partial charge in [-0.05, 0) is 118 Å². The van der Waals surface area contributed by atoms with Crippen molar-refractivity contribution in [3.8, 4) is 0 Å². The van der Waals surface area contributed by atoms with Gasteiger partial charge in [0, 0.05) is 0 Å². The zero-order valence-corrected chi connectivity index (χ0v) is 17.2. The predicted octanol–water partition coefficient (Wildman–Crippen LogP) is 6.81. The van der Waals surface area contributed by atoms with Gasteiger partial charge in [-0.15, -0.1) is 0 Å². The minimum atomic E-state index is -0.556. The van der Waals surface area contributed by atoms with Gasteiger partial charge in [0.15, 0.2) is 0 Å². The topological polar surface area (TPSA) is 0 Å². The van der Waals surface area contributed by atoms with Crippen LogP contribution in [0.4, 0.5) is 0 Å². The normalized spacial score (nSPS) is 48.3. The molecule has 0 nitrogen and oxygen atoms in total. The van der Waals surface area contributed by atoms with Crippen LogP contribution in [0.2, 0.25) is 0 Å². The molecule has 7 unspecified atom stereocenters. The number of halogens is 2. The first-order chi connectivity index (χ1) is 11.3. The van der Waals surface area contributed by atoms with E-state index in [0.29, 0.717) is 0 Å². The van der Waals surface area contributed by atoms with E-state index in [2.05, 4.69) is 6.42 Å². The van der Waals surface area contributed by atoms with Crippen molar-refractivity contribution in [3.63, 3.8) is 0 Å². The third-order valence-corrected chi connectivity index (χ3v) is 8.15. The summed E-state index contributed by atoms with van der Waals surface area (Å²) in [6.07, 6.45) is 19.6. The van der Waals surface area contributed by atoms with Crippen molar-refractivity contribution in [3.05, 3.63) is 12.3 Å². The molecule has 0 aromatic rings. The molecule has 4 bridgehead atoms. The van der Waals surface area contributed by atoms with Gasteiger partial charge in [-0.3, -0.25) is 0 Å². The second-order valence-corrected chi connectivity index (χ2v) is 11.4. The van der Waals surface area contributed by atoms with E-state index in [1.807, 2.05) is 5.92 Å². The molecule has 0 heterocycles. The maximum absolute atomic E-state index is 4.89. The average molecular weight is 389 g/mol. The van der Waals surface area contributed by atoms with Crippen LogP contribution in [0.5, 0.6) is 0 Å². The van der Waals surface area contributed by atoms with Crippen molar-refractivity contribution >= 4 is 18.6 Å². The Labute approximate surface area is 159 Å². The molecule has 128 valence electrons. The molecule has 6 fully saturated rings. The van der Waals surface area contributed by atoms with Crippen molar-refractivity contribution in [2.45, 2.75) is 70.6 Å². The Kier molecular flexibility index (Phi) is 6.07. The Morgan fingerprint density at radius 3 is 2.09 bits per heavy atom. The van der Waals surface area contributed by atoms with Crippen molar-refractivity contribution in [2.75, 3.05) is 0 Å². The molecule has 0 amide bonds. The SMILES string of the molecule is C1CC2C3CCC(C3)C2C1.[CH]1CCC2[C]1C1CCC2C1.[Cl][Ti][Cl]. The molecule has 2 radical (unpaired) electrons. The van der Waals surface area contributed by atoms with Crippen LogP contribution >= 0.6 is 18.6 Å². The van der Waals surface area contributed by atoms with E-state index < -0.39 is 17.0 Å². The van der Waals surface area contributed by atoms with Gasteiger partial charge in [-0.25, -0.2) is 0 Å². The molecule has 6 saturated carbocycles. The Hall–Kier alpha value is 1.29. The zero-order valence-electron chi connectivity index (χ0n) is 14.2. The summed E-state index contributed by atoms with van der Waals surface area (Å²) in [6, 6.07) is 0. The van der Waals surface area contributed by atoms with E-state index in [-0.39, 0.29) is 0 Å². The van der Waals surface area contributed by atoms with Gasteiger partial charge in [-0.1, -0.05) is 6.42 Å². The molecule has 0 aliphatic heterocycles. The van der Waals surface area contributed by atoms with Crippen molar-refractivity contribution < 1.29 is 17.0 Å². The molecule has 0 N–H and O–H groups in total. The molecule has 23 heavy (non-hydrogen) atoms. The van der Waals surface area contributed by atoms with Crippen molar-refractivity contribution in [2.24, 2.45) is 41.4 Å². The first-order valence-electron chi connectivity index (χ1n) is 9.98. The van der Waals surface area contributed by atoms with E-state index in [4.69, 9.17) is 18.6 Å². The molecule has 0 spiro atoms. The summed E-state index contributed by atoms with van der Waals surface area (Å²) in [5.74, 6) is 9.92. The Balaban J connectivity index is 0.000000101. The summed E-state index contributed by atoms with van der Waals surface area (Å²) in [5.41, 5.74) is 0. The number of hydrogen-bond donors (Lipinski definition) is 0. The van der Waals surface area contributed by atoms with Gasteiger partial charge in [0.25, 0.3) is 0 Å². The summed E-state index contributed by atoms with van der Waals surface area (Å²) in [4.78, 5) is 0. The standard InChI is InChI=1S/C10H16.C10H14.2ClH.Ti/c2*1-2-9-7-4-5-8(6-7)10(9)3-1;;;/h7-10H,1-6H2;2,7-8,10H,1,3-6H2;2*1H;/q;;;;+2/p-2. The van der Waals surface area contributed by atoms with Crippen LogP contribution in [-0.4, -0.2) is 0 Å². The molecular formula is C20H30Cl2Ti. The molecule has 6 aliphatic rings. The number of fused-ring (bicyclic) bond motifs is 10. The van der Waals surface area contributed by atoms with Crippen LogP contribution in [0.3, 0.4) is 0 Å². The molecule has 6 aliphatic carbocycles. The van der Waals surface area contributed by atoms with Gasteiger partial charge in [0.2, 0.25) is 0 Å². The first-order valence-corrected chi connectivity index (χ1v) is 14.3. The van der Waals surface area contributed by atoms with Gasteiger partial charge >= 0.3 is 35.6 Å². The summed E-state index contributed by atoms with van der Waals surface area (Å²) in [6.45, 7) is 0. The average Bonchev–Trinajstić information content (AvgIpc) is 3.39. The summed E-state index contributed by atoms with van der Waals surface area (Å²) < 4.78 is 0. The fourth-order valence-electron chi connectivity index (χ4n) is 7.43. The third kappa shape index (κ3) is 3.45. The summed E-state index contributed by atoms with van der Waals surface area (Å²) in [5, 5.41) is 0. The minimum absolute atomic E-state index is 0.556. The monoisotopic (exact) mass is 388 g/mol. The Morgan fingerprint density at radius 2 is 1.43 bits per heavy atom. The molecule has 0 aromatic heterocycles.